The highest BCUT2D eigenvalue weighted by Gasteiger charge is 2.36. The first kappa shape index (κ1) is 12.4. The van der Waals surface area contributed by atoms with Gasteiger partial charge in [0.2, 0.25) is 0 Å². The van der Waals surface area contributed by atoms with Crippen LogP contribution in [-0.4, -0.2) is 29.7 Å². The maximum Gasteiger partial charge on any atom is 0.147 e. The van der Waals surface area contributed by atoms with Crippen LogP contribution in [0.15, 0.2) is 0 Å². The van der Waals surface area contributed by atoms with Gasteiger partial charge >= 0.3 is 0 Å². The highest BCUT2D eigenvalue weighted by molar-refractivity contribution is 7.11. The van der Waals surface area contributed by atoms with E-state index in [1.807, 2.05) is 0 Å². The molecule has 14 heavy (non-hydrogen) atoms. The SMILES string of the molecule is CC(C)(N)CC(C)(C)[SiH]1CCCO[SiH2]1. The Balaban J connectivity index is 2.54. The van der Waals surface area contributed by atoms with Gasteiger partial charge in [-0.15, -0.1) is 0 Å². The van der Waals surface area contributed by atoms with Crippen molar-refractivity contribution in [2.24, 2.45) is 5.73 Å². The monoisotopic (exact) mass is 231 g/mol. The minimum atomic E-state index is -0.598. The number of nitrogens with two attached hydrogens (primary N) is 1. The van der Waals surface area contributed by atoms with Crippen LogP contribution >= 0.6 is 0 Å². The van der Waals surface area contributed by atoms with E-state index in [4.69, 9.17) is 10.2 Å². The molecule has 4 heteroatoms. The minimum Gasteiger partial charge on any atom is -0.428 e. The first-order chi connectivity index (χ1) is 6.31. The Hall–Kier alpha value is 0.354. The number of hydrogen-bond donors (Lipinski definition) is 1. The van der Waals surface area contributed by atoms with Crippen LogP contribution in [0.1, 0.15) is 40.5 Å². The molecule has 1 fully saturated rings. The molecule has 2 nitrogen and oxygen atoms in total. The van der Waals surface area contributed by atoms with Gasteiger partial charge < -0.3 is 10.2 Å². The van der Waals surface area contributed by atoms with Crippen LogP contribution in [0.2, 0.25) is 11.1 Å². The standard InChI is InChI=1S/C10H25NOSi2/c1-9(2,11)8-10(3,4)14-7-5-6-12-13-14/h14H,5-8,11,13H2,1-4H3. The lowest BCUT2D eigenvalue weighted by molar-refractivity contribution is 0.329. The largest absolute Gasteiger partial charge is 0.428 e. The molecular formula is C10H25NOSi2. The van der Waals surface area contributed by atoms with E-state index in [1.54, 1.807) is 0 Å². The Bertz CT molecular complexity index is 183. The molecule has 1 aliphatic rings. The smallest absolute Gasteiger partial charge is 0.147 e. The van der Waals surface area contributed by atoms with Crippen molar-refractivity contribution in [3.63, 3.8) is 0 Å². The molecule has 1 heterocycles. The van der Waals surface area contributed by atoms with E-state index in [9.17, 15) is 0 Å². The Kier molecular flexibility index (Phi) is 3.97. The summed E-state index contributed by atoms with van der Waals surface area (Å²) in [7, 11) is -0.766. The van der Waals surface area contributed by atoms with Crippen molar-refractivity contribution in [2.75, 3.05) is 6.61 Å². The Labute approximate surface area is 91.9 Å². The van der Waals surface area contributed by atoms with Gasteiger partial charge in [-0.3, -0.25) is 0 Å². The summed E-state index contributed by atoms with van der Waals surface area (Å²) < 4.78 is 5.74. The van der Waals surface area contributed by atoms with Crippen molar-refractivity contribution in [1.82, 2.24) is 0 Å². The normalized spacial score (nSPS) is 26.8. The maximum atomic E-state index is 6.13. The Morgan fingerprint density at radius 2 is 2.00 bits per heavy atom. The van der Waals surface area contributed by atoms with E-state index in [1.165, 1.54) is 12.5 Å². The first-order valence-corrected chi connectivity index (χ1v) is 10.9. The fraction of sp³-hybridized carbons (Fsp3) is 1.00. The summed E-state index contributed by atoms with van der Waals surface area (Å²) in [5.41, 5.74) is 6.11. The number of rotatable bonds is 3. The number of hydrogen-bond acceptors (Lipinski definition) is 2. The molecule has 0 bridgehead atoms. The molecule has 0 radical (unpaired) electrons. The predicted octanol–water partition coefficient (Wildman–Crippen LogP) is 1.12. The van der Waals surface area contributed by atoms with Crippen molar-refractivity contribution in [3.05, 3.63) is 0 Å². The summed E-state index contributed by atoms with van der Waals surface area (Å²) >= 11 is 0. The average Bonchev–Trinajstić information content (AvgIpc) is 2.01. The summed E-state index contributed by atoms with van der Waals surface area (Å²) in [5.74, 6) is 0. The molecule has 0 aliphatic carbocycles. The van der Waals surface area contributed by atoms with Crippen LogP contribution in [0.4, 0.5) is 0 Å². The van der Waals surface area contributed by atoms with Crippen molar-refractivity contribution < 1.29 is 4.43 Å². The predicted molar refractivity (Wildman–Crippen MR) is 68.0 cm³/mol. The lowest BCUT2D eigenvalue weighted by Gasteiger charge is -2.39. The van der Waals surface area contributed by atoms with Crippen LogP contribution < -0.4 is 5.73 Å². The fourth-order valence-electron chi connectivity index (χ4n) is 2.68. The van der Waals surface area contributed by atoms with E-state index in [0.29, 0.717) is 5.04 Å². The second-order valence-corrected chi connectivity index (χ2v) is 14.3. The van der Waals surface area contributed by atoms with Crippen molar-refractivity contribution in [1.29, 1.82) is 0 Å². The van der Waals surface area contributed by atoms with E-state index < -0.39 is 8.31 Å². The lowest BCUT2D eigenvalue weighted by atomic mass is 9.93. The molecule has 1 atom stereocenters. The highest BCUT2D eigenvalue weighted by Crippen LogP contribution is 2.39. The van der Waals surface area contributed by atoms with Crippen LogP contribution in [0.3, 0.4) is 0 Å². The van der Waals surface area contributed by atoms with Gasteiger partial charge in [-0.2, -0.15) is 0 Å². The van der Waals surface area contributed by atoms with Gasteiger partial charge in [0, 0.05) is 12.1 Å². The maximum absolute atomic E-state index is 6.13. The van der Waals surface area contributed by atoms with Gasteiger partial charge in [0.1, 0.15) is 9.28 Å². The zero-order chi connectivity index (χ0) is 10.8. The fourth-order valence-corrected chi connectivity index (χ4v) is 10.7. The van der Waals surface area contributed by atoms with Crippen LogP contribution in [-0.2, 0) is 4.43 Å². The quantitative estimate of drug-likeness (QED) is 0.739. The molecule has 0 aromatic rings. The molecule has 1 aliphatic heterocycles. The van der Waals surface area contributed by atoms with E-state index in [2.05, 4.69) is 27.7 Å². The van der Waals surface area contributed by atoms with Crippen molar-refractivity contribution in [3.8, 4) is 0 Å². The summed E-state index contributed by atoms with van der Waals surface area (Å²) in [6, 6.07) is 1.50. The minimum absolute atomic E-state index is 0.0116. The summed E-state index contributed by atoms with van der Waals surface area (Å²) in [5, 5.41) is 0.505. The van der Waals surface area contributed by atoms with Gasteiger partial charge in [-0.05, 0) is 31.7 Å². The van der Waals surface area contributed by atoms with Crippen LogP contribution in [0.25, 0.3) is 0 Å². The van der Waals surface area contributed by atoms with Gasteiger partial charge in [0.05, 0.1) is 8.31 Å². The third kappa shape index (κ3) is 3.84. The zero-order valence-corrected chi connectivity index (χ0v) is 12.7. The molecule has 0 spiro atoms. The molecule has 84 valence electrons. The van der Waals surface area contributed by atoms with Gasteiger partial charge in [0.15, 0.2) is 0 Å². The zero-order valence-electron chi connectivity index (χ0n) is 10.1. The van der Waals surface area contributed by atoms with Crippen LogP contribution in [0.5, 0.6) is 0 Å². The first-order valence-electron chi connectivity index (χ1n) is 5.68. The molecule has 0 aromatic carbocycles. The second-order valence-electron chi connectivity index (χ2n) is 6.07. The molecule has 1 saturated heterocycles. The van der Waals surface area contributed by atoms with E-state index in [0.717, 1.165) is 13.0 Å². The van der Waals surface area contributed by atoms with E-state index >= 15 is 0 Å². The molecule has 0 aromatic heterocycles. The third-order valence-corrected chi connectivity index (χ3v) is 14.1. The van der Waals surface area contributed by atoms with E-state index in [-0.39, 0.29) is 14.8 Å². The average molecular weight is 231 g/mol. The van der Waals surface area contributed by atoms with Crippen molar-refractivity contribution in [2.45, 2.75) is 57.2 Å². The summed E-state index contributed by atoms with van der Waals surface area (Å²) in [4.78, 5) is 0. The second kappa shape index (κ2) is 4.47. The third-order valence-electron chi connectivity index (χ3n) is 3.18. The molecule has 0 amide bonds. The van der Waals surface area contributed by atoms with Gasteiger partial charge in [-0.1, -0.05) is 19.9 Å². The van der Waals surface area contributed by atoms with Crippen molar-refractivity contribution >= 4 is 17.6 Å². The summed E-state index contributed by atoms with van der Waals surface area (Å²) in [6.07, 6.45) is 2.46. The highest BCUT2D eigenvalue weighted by atomic mass is 29.2. The van der Waals surface area contributed by atoms with Gasteiger partial charge in [-0.25, -0.2) is 0 Å². The molecule has 2 N–H and O–H groups in total. The lowest BCUT2D eigenvalue weighted by Crippen LogP contribution is -2.45. The molecular weight excluding hydrogens is 206 g/mol. The Morgan fingerprint density at radius 3 is 2.43 bits per heavy atom. The molecule has 1 unspecified atom stereocenters. The molecule has 0 saturated carbocycles. The molecule has 1 rings (SSSR count). The van der Waals surface area contributed by atoms with Crippen LogP contribution in [0, 0.1) is 0 Å². The topological polar surface area (TPSA) is 35.2 Å². The summed E-state index contributed by atoms with van der Waals surface area (Å²) in [6.45, 7) is 10.2. The van der Waals surface area contributed by atoms with Gasteiger partial charge in [0.25, 0.3) is 0 Å². The Morgan fingerprint density at radius 1 is 1.36 bits per heavy atom.